The highest BCUT2D eigenvalue weighted by atomic mass is 32.2. The standard InChI is InChI=1S/C41H78N2O5S/c1-7-11-14-17-18-21-24-35-47-39(44)30-25-32-43(41(46)49-36-27-34-42(10-4)37(5)6)33-26-31-40(45)48-38(28-22-19-15-12-8-2)29-23-20-16-13-9-3/h21,24,37-38H,7-20,22-23,25-36H2,1-6H3/b24-21-. The van der Waals surface area contributed by atoms with Crippen molar-refractivity contribution in [3.63, 3.8) is 0 Å². The first-order chi connectivity index (χ1) is 23.8. The molecule has 0 N–H and O–H groups in total. The van der Waals surface area contributed by atoms with Gasteiger partial charge in [0.1, 0.15) is 12.7 Å². The Hall–Kier alpha value is -1.54. The maximum absolute atomic E-state index is 13.3. The molecule has 0 aromatic heterocycles. The van der Waals surface area contributed by atoms with Gasteiger partial charge in [-0.05, 0) is 84.7 Å². The zero-order valence-electron chi connectivity index (χ0n) is 33.0. The minimum atomic E-state index is -0.233. The summed E-state index contributed by atoms with van der Waals surface area (Å²) >= 11 is 1.35. The Kier molecular flexibility index (Phi) is 33.8. The lowest BCUT2D eigenvalue weighted by Gasteiger charge is -2.25. The summed E-state index contributed by atoms with van der Waals surface area (Å²) in [6.45, 7) is 16.5. The lowest BCUT2D eigenvalue weighted by atomic mass is 10.0. The number of allylic oxidation sites excluding steroid dienone is 1. The number of nitrogens with zero attached hydrogens (tertiary/aromatic N) is 2. The zero-order valence-corrected chi connectivity index (χ0v) is 33.8. The van der Waals surface area contributed by atoms with Crippen LogP contribution in [0.4, 0.5) is 4.79 Å². The minimum absolute atomic E-state index is 0.000477. The van der Waals surface area contributed by atoms with Crippen LogP contribution in [-0.2, 0) is 19.1 Å². The van der Waals surface area contributed by atoms with Gasteiger partial charge in [-0.1, -0.05) is 122 Å². The van der Waals surface area contributed by atoms with Gasteiger partial charge in [0.15, 0.2) is 0 Å². The van der Waals surface area contributed by atoms with Crippen molar-refractivity contribution in [2.24, 2.45) is 0 Å². The van der Waals surface area contributed by atoms with Crippen LogP contribution in [0.1, 0.15) is 183 Å². The summed E-state index contributed by atoms with van der Waals surface area (Å²) in [4.78, 5) is 42.8. The summed E-state index contributed by atoms with van der Waals surface area (Å²) in [5.41, 5.74) is 0. The van der Waals surface area contributed by atoms with E-state index in [1.54, 1.807) is 0 Å². The van der Waals surface area contributed by atoms with E-state index < -0.39 is 0 Å². The minimum Gasteiger partial charge on any atom is -0.462 e. The average molecular weight is 711 g/mol. The molecular formula is C41H78N2O5S. The van der Waals surface area contributed by atoms with Crippen LogP contribution in [0.25, 0.3) is 0 Å². The van der Waals surface area contributed by atoms with Crippen LogP contribution in [0.2, 0.25) is 0 Å². The number of carbonyl (C=O) groups is 3. The van der Waals surface area contributed by atoms with Gasteiger partial charge in [-0.2, -0.15) is 0 Å². The predicted octanol–water partition coefficient (Wildman–Crippen LogP) is 11.5. The van der Waals surface area contributed by atoms with Gasteiger partial charge in [0.25, 0.3) is 5.24 Å². The predicted molar refractivity (Wildman–Crippen MR) is 210 cm³/mol. The van der Waals surface area contributed by atoms with E-state index in [1.807, 2.05) is 11.0 Å². The third-order valence-electron chi connectivity index (χ3n) is 9.12. The summed E-state index contributed by atoms with van der Waals surface area (Å²) < 4.78 is 11.4. The molecule has 0 rings (SSSR count). The Morgan fingerprint density at radius 1 is 0.633 bits per heavy atom. The zero-order chi connectivity index (χ0) is 36.4. The van der Waals surface area contributed by atoms with E-state index in [-0.39, 0.29) is 29.7 Å². The van der Waals surface area contributed by atoms with E-state index in [0.717, 1.165) is 57.4 Å². The fraction of sp³-hybridized carbons (Fsp3) is 0.878. The van der Waals surface area contributed by atoms with Gasteiger partial charge in [0.05, 0.1) is 0 Å². The van der Waals surface area contributed by atoms with E-state index in [9.17, 15) is 14.4 Å². The van der Waals surface area contributed by atoms with Crippen LogP contribution >= 0.6 is 11.8 Å². The van der Waals surface area contributed by atoms with Crippen molar-refractivity contribution in [2.75, 3.05) is 38.5 Å². The number of hydrogen-bond acceptors (Lipinski definition) is 7. The summed E-state index contributed by atoms with van der Waals surface area (Å²) in [5, 5.41) is 0.0253. The fourth-order valence-corrected chi connectivity index (χ4v) is 6.78. The second kappa shape index (κ2) is 34.9. The van der Waals surface area contributed by atoms with Crippen LogP contribution in [0.15, 0.2) is 12.2 Å². The van der Waals surface area contributed by atoms with Crippen LogP contribution < -0.4 is 0 Å². The van der Waals surface area contributed by atoms with Gasteiger partial charge in [0, 0.05) is 37.7 Å². The number of amides is 1. The molecule has 0 bridgehead atoms. The first-order valence-corrected chi connectivity index (χ1v) is 21.4. The van der Waals surface area contributed by atoms with Gasteiger partial charge in [-0.25, -0.2) is 0 Å². The van der Waals surface area contributed by atoms with E-state index >= 15 is 0 Å². The molecule has 8 heteroatoms. The molecule has 7 nitrogen and oxygen atoms in total. The Morgan fingerprint density at radius 3 is 1.73 bits per heavy atom. The quantitative estimate of drug-likeness (QED) is 0.0374. The van der Waals surface area contributed by atoms with Crippen molar-refractivity contribution in [1.29, 1.82) is 0 Å². The molecule has 0 aromatic rings. The number of rotatable bonds is 34. The fourth-order valence-electron chi connectivity index (χ4n) is 5.97. The van der Waals surface area contributed by atoms with Crippen molar-refractivity contribution < 1.29 is 23.9 Å². The largest absolute Gasteiger partial charge is 0.462 e. The summed E-state index contributed by atoms with van der Waals surface area (Å²) in [6.07, 6.45) is 26.6. The van der Waals surface area contributed by atoms with E-state index in [4.69, 9.17) is 9.47 Å². The van der Waals surface area contributed by atoms with Crippen LogP contribution in [0.3, 0.4) is 0 Å². The van der Waals surface area contributed by atoms with Gasteiger partial charge < -0.3 is 19.3 Å². The SMILES string of the molecule is CCCCCC/C=C\COC(=O)CCCN(CCCC(=O)OC(CCCCCCC)CCCCCCC)C(=O)SCCCN(CC)C(C)C. The van der Waals surface area contributed by atoms with E-state index in [1.165, 1.54) is 88.8 Å². The first-order valence-electron chi connectivity index (χ1n) is 20.4. The van der Waals surface area contributed by atoms with E-state index in [2.05, 4.69) is 52.5 Å². The summed E-state index contributed by atoms with van der Waals surface area (Å²) in [5.74, 6) is 0.372. The van der Waals surface area contributed by atoms with Crippen LogP contribution in [0, 0.1) is 0 Å². The Bertz CT molecular complexity index is 808. The summed E-state index contributed by atoms with van der Waals surface area (Å²) in [6, 6.07) is 0.490. The molecule has 0 saturated heterocycles. The molecule has 288 valence electrons. The smallest absolute Gasteiger partial charge is 0.306 e. The second-order valence-corrected chi connectivity index (χ2v) is 15.0. The lowest BCUT2D eigenvalue weighted by Crippen LogP contribution is -2.33. The average Bonchev–Trinajstić information content (AvgIpc) is 3.08. The number of ether oxygens (including phenoxy) is 2. The molecule has 0 saturated carbocycles. The number of carbonyl (C=O) groups excluding carboxylic acids is 3. The molecule has 0 aromatic carbocycles. The number of hydrogen-bond donors (Lipinski definition) is 0. The van der Waals surface area contributed by atoms with Gasteiger partial charge in [-0.3, -0.25) is 14.4 Å². The molecule has 0 unspecified atom stereocenters. The molecule has 0 radical (unpaired) electrons. The van der Waals surface area contributed by atoms with Gasteiger partial charge in [-0.15, -0.1) is 0 Å². The van der Waals surface area contributed by atoms with Crippen molar-refractivity contribution in [3.8, 4) is 0 Å². The highest BCUT2D eigenvalue weighted by Gasteiger charge is 2.18. The van der Waals surface area contributed by atoms with Gasteiger partial charge >= 0.3 is 11.9 Å². The van der Waals surface area contributed by atoms with E-state index in [0.29, 0.717) is 45.0 Å². The molecule has 0 aliphatic rings. The molecule has 49 heavy (non-hydrogen) atoms. The topological polar surface area (TPSA) is 76.1 Å². The number of unbranched alkanes of at least 4 members (excludes halogenated alkanes) is 12. The Morgan fingerprint density at radius 2 is 1.18 bits per heavy atom. The molecule has 1 amide bonds. The molecule has 0 fully saturated rings. The summed E-state index contributed by atoms with van der Waals surface area (Å²) in [7, 11) is 0. The maximum atomic E-state index is 13.3. The van der Waals surface area contributed by atoms with Crippen LogP contribution in [-0.4, -0.2) is 77.7 Å². The van der Waals surface area contributed by atoms with Crippen molar-refractivity contribution in [1.82, 2.24) is 9.80 Å². The molecule has 0 heterocycles. The molecule has 0 aliphatic heterocycles. The van der Waals surface area contributed by atoms with Crippen molar-refractivity contribution in [3.05, 3.63) is 12.2 Å². The maximum Gasteiger partial charge on any atom is 0.306 e. The highest BCUT2D eigenvalue weighted by Crippen LogP contribution is 2.18. The highest BCUT2D eigenvalue weighted by molar-refractivity contribution is 8.13. The van der Waals surface area contributed by atoms with Crippen molar-refractivity contribution >= 4 is 28.9 Å². The van der Waals surface area contributed by atoms with Gasteiger partial charge in [0.2, 0.25) is 0 Å². The Labute approximate surface area is 307 Å². The number of esters is 2. The molecular weight excluding hydrogens is 633 g/mol. The molecule has 0 spiro atoms. The Balaban J connectivity index is 4.92. The molecule has 0 aliphatic carbocycles. The third-order valence-corrected chi connectivity index (χ3v) is 10.1. The lowest BCUT2D eigenvalue weighted by molar-refractivity contribution is -0.150. The normalized spacial score (nSPS) is 11.7. The molecule has 0 atom stereocenters. The number of thioether (sulfide) groups is 1. The third kappa shape index (κ3) is 29.9. The van der Waals surface area contributed by atoms with Crippen molar-refractivity contribution in [2.45, 2.75) is 195 Å². The van der Waals surface area contributed by atoms with Crippen LogP contribution in [0.5, 0.6) is 0 Å². The second-order valence-electron chi connectivity index (χ2n) is 13.9. The first kappa shape index (κ1) is 47.5. The monoisotopic (exact) mass is 711 g/mol.